The lowest BCUT2D eigenvalue weighted by Crippen LogP contribution is -2.27. The zero-order chi connectivity index (χ0) is 8.55. The molecule has 0 aliphatic carbocycles. The molecule has 0 spiro atoms. The second-order valence-corrected chi connectivity index (χ2v) is 2.43. The molecular formula is C7H6N4O. The van der Waals surface area contributed by atoms with Gasteiger partial charge in [0.2, 0.25) is 0 Å². The number of nitrogens with zero attached hydrogens (tertiary/aromatic N) is 3. The van der Waals surface area contributed by atoms with E-state index >= 15 is 0 Å². The van der Waals surface area contributed by atoms with Crippen LogP contribution in [0.3, 0.4) is 0 Å². The number of aliphatic imine (C=N–C) groups is 1. The lowest BCUT2D eigenvalue weighted by Gasteiger charge is -2.03. The lowest BCUT2D eigenvalue weighted by atomic mass is 10.0. The van der Waals surface area contributed by atoms with Crippen LogP contribution in [-0.4, -0.2) is 30.1 Å². The third-order valence-corrected chi connectivity index (χ3v) is 1.66. The number of primary amides is 1. The number of allylic oxidation sites excluding steroid dienone is 1. The summed E-state index contributed by atoms with van der Waals surface area (Å²) in [5, 5.41) is 7.44. The quantitative estimate of drug-likeness (QED) is 0.543. The fourth-order valence-electron chi connectivity index (χ4n) is 1.10. The molecule has 5 heteroatoms. The predicted octanol–water partition coefficient (Wildman–Crippen LogP) is -0.707. The van der Waals surface area contributed by atoms with Crippen molar-refractivity contribution in [2.75, 3.05) is 6.54 Å². The number of hydrogen-bond donors (Lipinski definition) is 1. The van der Waals surface area contributed by atoms with E-state index in [4.69, 9.17) is 5.73 Å². The van der Waals surface area contributed by atoms with Crippen molar-refractivity contribution in [3.63, 3.8) is 0 Å². The predicted molar refractivity (Wildman–Crippen MR) is 45.5 cm³/mol. The van der Waals surface area contributed by atoms with E-state index in [9.17, 15) is 4.79 Å². The van der Waals surface area contributed by atoms with E-state index in [1.807, 2.05) is 0 Å². The van der Waals surface area contributed by atoms with Crippen molar-refractivity contribution in [2.24, 2.45) is 20.9 Å². The van der Waals surface area contributed by atoms with Crippen LogP contribution in [0.4, 0.5) is 0 Å². The maximum atomic E-state index is 10.8. The normalized spacial score (nSPS) is 19.5. The van der Waals surface area contributed by atoms with Crippen molar-refractivity contribution in [1.29, 1.82) is 0 Å². The van der Waals surface area contributed by atoms with Gasteiger partial charge in [0, 0.05) is 11.8 Å². The molecule has 5 nitrogen and oxygen atoms in total. The van der Waals surface area contributed by atoms with Gasteiger partial charge in [-0.3, -0.25) is 9.79 Å². The maximum absolute atomic E-state index is 10.8. The number of carbonyl (C=O) groups excluding carboxylic acids is 1. The van der Waals surface area contributed by atoms with E-state index in [2.05, 4.69) is 15.2 Å². The van der Waals surface area contributed by atoms with Crippen molar-refractivity contribution in [3.05, 3.63) is 11.6 Å². The zero-order valence-corrected chi connectivity index (χ0v) is 6.19. The molecule has 0 saturated carbocycles. The van der Waals surface area contributed by atoms with Gasteiger partial charge >= 0.3 is 0 Å². The van der Waals surface area contributed by atoms with Crippen molar-refractivity contribution in [2.45, 2.75) is 0 Å². The molecule has 0 aromatic rings. The molecule has 0 aromatic carbocycles. The highest BCUT2D eigenvalue weighted by molar-refractivity contribution is 6.53. The molecule has 2 aliphatic heterocycles. The van der Waals surface area contributed by atoms with Crippen molar-refractivity contribution >= 4 is 23.5 Å². The summed E-state index contributed by atoms with van der Waals surface area (Å²) >= 11 is 0. The van der Waals surface area contributed by atoms with Crippen LogP contribution in [-0.2, 0) is 4.79 Å². The van der Waals surface area contributed by atoms with E-state index in [1.165, 1.54) is 0 Å². The molecule has 60 valence electrons. The molecule has 0 fully saturated rings. The third kappa shape index (κ3) is 0.868. The Balaban J connectivity index is 2.40. The number of rotatable bonds is 1. The molecule has 0 atom stereocenters. The largest absolute Gasteiger partial charge is 0.364 e. The van der Waals surface area contributed by atoms with Gasteiger partial charge in [-0.05, 0) is 6.08 Å². The maximum Gasteiger partial charge on any atom is 0.269 e. The summed E-state index contributed by atoms with van der Waals surface area (Å²) in [6.45, 7) is 0.478. The van der Waals surface area contributed by atoms with E-state index in [-0.39, 0.29) is 5.71 Å². The van der Waals surface area contributed by atoms with Crippen LogP contribution in [0.15, 0.2) is 26.8 Å². The Morgan fingerprint density at radius 1 is 1.50 bits per heavy atom. The van der Waals surface area contributed by atoms with Gasteiger partial charge in [0.15, 0.2) is 5.71 Å². The van der Waals surface area contributed by atoms with Gasteiger partial charge in [-0.15, -0.1) is 5.10 Å². The summed E-state index contributed by atoms with van der Waals surface area (Å²) in [5.74, 6) is -0.546. The number of dihydropyridines is 1. The van der Waals surface area contributed by atoms with Crippen LogP contribution >= 0.6 is 0 Å². The summed E-state index contributed by atoms with van der Waals surface area (Å²) in [5.41, 5.74) is 6.73. The highest BCUT2D eigenvalue weighted by atomic mass is 16.1. The fourth-order valence-corrected chi connectivity index (χ4v) is 1.10. The Labute approximate surface area is 68.4 Å². The van der Waals surface area contributed by atoms with Gasteiger partial charge in [0.1, 0.15) is 0 Å². The number of amides is 1. The smallest absolute Gasteiger partial charge is 0.269 e. The minimum absolute atomic E-state index is 0.233. The molecule has 0 bridgehead atoms. The highest BCUT2D eigenvalue weighted by Crippen LogP contribution is 2.12. The van der Waals surface area contributed by atoms with Crippen LogP contribution in [0, 0.1) is 0 Å². The first-order valence-corrected chi connectivity index (χ1v) is 3.44. The Morgan fingerprint density at radius 3 is 3.08 bits per heavy atom. The molecule has 12 heavy (non-hydrogen) atoms. The van der Waals surface area contributed by atoms with Gasteiger partial charge in [-0.25, -0.2) is 0 Å². The molecule has 1 amide bonds. The molecule has 0 aromatic heterocycles. The molecule has 2 heterocycles. The standard InChI is InChI=1S/C7H6N4O/c8-7(12)6-4-1-2-9-3-5(4)10-11-6/h1-2H,3H2,(H2,8,12). The second kappa shape index (κ2) is 2.37. The second-order valence-electron chi connectivity index (χ2n) is 2.43. The van der Waals surface area contributed by atoms with Crippen LogP contribution in [0.1, 0.15) is 0 Å². The fraction of sp³-hybridized carbons (Fsp3) is 0.143. The average molecular weight is 162 g/mol. The SMILES string of the molecule is NC(=O)C1=NN=C2CN=CC=C21. The third-order valence-electron chi connectivity index (χ3n) is 1.66. The minimum Gasteiger partial charge on any atom is -0.364 e. The average Bonchev–Trinajstić information content (AvgIpc) is 2.47. The molecular weight excluding hydrogens is 156 g/mol. The monoisotopic (exact) mass is 162 g/mol. The van der Waals surface area contributed by atoms with E-state index in [0.717, 1.165) is 0 Å². The van der Waals surface area contributed by atoms with Gasteiger partial charge in [-0.2, -0.15) is 5.10 Å². The summed E-state index contributed by atoms with van der Waals surface area (Å²) in [6, 6.07) is 0. The Bertz CT molecular complexity index is 362. The van der Waals surface area contributed by atoms with Gasteiger partial charge in [0.05, 0.1) is 12.3 Å². The van der Waals surface area contributed by atoms with Crippen molar-refractivity contribution < 1.29 is 4.79 Å². The summed E-state index contributed by atoms with van der Waals surface area (Å²) in [6.07, 6.45) is 3.32. The number of hydrogen-bond acceptors (Lipinski definition) is 4. The number of fused-ring (bicyclic) bond motifs is 1. The summed E-state index contributed by atoms with van der Waals surface area (Å²) in [4.78, 5) is 14.7. The Hall–Kier alpha value is -1.78. The lowest BCUT2D eigenvalue weighted by molar-refractivity contribution is -0.111. The molecule has 2 aliphatic rings. The molecule has 2 N–H and O–H groups in total. The van der Waals surface area contributed by atoms with Crippen LogP contribution in [0.5, 0.6) is 0 Å². The Morgan fingerprint density at radius 2 is 2.33 bits per heavy atom. The molecule has 0 unspecified atom stereocenters. The number of carbonyl (C=O) groups is 1. The first-order chi connectivity index (χ1) is 5.79. The Kier molecular flexibility index (Phi) is 1.36. The summed E-state index contributed by atoms with van der Waals surface area (Å²) in [7, 11) is 0. The molecule has 0 radical (unpaired) electrons. The van der Waals surface area contributed by atoms with E-state index < -0.39 is 5.91 Å². The first-order valence-electron chi connectivity index (χ1n) is 3.44. The van der Waals surface area contributed by atoms with Crippen LogP contribution in [0.25, 0.3) is 0 Å². The molecule has 0 saturated heterocycles. The van der Waals surface area contributed by atoms with Crippen molar-refractivity contribution in [3.8, 4) is 0 Å². The van der Waals surface area contributed by atoms with Crippen LogP contribution in [0.2, 0.25) is 0 Å². The zero-order valence-electron chi connectivity index (χ0n) is 6.19. The number of nitrogens with two attached hydrogens (primary N) is 1. The first kappa shape index (κ1) is 6.90. The van der Waals surface area contributed by atoms with Gasteiger partial charge < -0.3 is 5.73 Å². The topological polar surface area (TPSA) is 80.2 Å². The summed E-state index contributed by atoms with van der Waals surface area (Å²) < 4.78 is 0. The van der Waals surface area contributed by atoms with Gasteiger partial charge in [-0.1, -0.05) is 0 Å². The highest BCUT2D eigenvalue weighted by Gasteiger charge is 2.24. The molecule has 2 rings (SSSR count). The van der Waals surface area contributed by atoms with Crippen molar-refractivity contribution in [1.82, 2.24) is 0 Å². The van der Waals surface area contributed by atoms with Gasteiger partial charge in [0.25, 0.3) is 5.91 Å². The van der Waals surface area contributed by atoms with E-state index in [1.54, 1.807) is 12.3 Å². The van der Waals surface area contributed by atoms with E-state index in [0.29, 0.717) is 17.8 Å². The van der Waals surface area contributed by atoms with Crippen LogP contribution < -0.4 is 5.73 Å². The minimum atomic E-state index is -0.546.